The summed E-state index contributed by atoms with van der Waals surface area (Å²) in [6.45, 7) is 2.53. The minimum Gasteiger partial charge on any atom is -0.478 e. The van der Waals surface area contributed by atoms with Crippen molar-refractivity contribution in [2.24, 2.45) is 0 Å². The number of alkyl halides is 3. The number of ether oxygens (including phenoxy) is 1. The molecule has 0 amide bonds. The van der Waals surface area contributed by atoms with Gasteiger partial charge in [0.05, 0.1) is 0 Å². The van der Waals surface area contributed by atoms with Crippen LogP contribution in [0.1, 0.15) is 45.6 Å². The summed E-state index contributed by atoms with van der Waals surface area (Å²) in [5.74, 6) is -4.67. The maximum Gasteiger partial charge on any atom is 0.422 e. The van der Waals surface area contributed by atoms with E-state index in [9.17, 15) is 32.6 Å². The average molecular weight is 619 g/mol. The minimum atomic E-state index is -5.17. The summed E-state index contributed by atoms with van der Waals surface area (Å²) in [5.41, 5.74) is -4.34. The Kier molecular flexibility index (Phi) is 8.51. The number of aromatic nitrogens is 1. The lowest BCUT2D eigenvalue weighted by molar-refractivity contribution is -0.274. The SMILES string of the molecule is Cc1cc(C(O)(C(C)c2ccc(Oc3c(-c4ccccc4)cc(F)c(C(=O)O)c3Cl)cc2Cl)C(F)(F)F)cnc1C#N. The van der Waals surface area contributed by atoms with Crippen molar-refractivity contribution < 1.29 is 37.3 Å². The van der Waals surface area contributed by atoms with Crippen LogP contribution in [0, 0.1) is 24.1 Å². The van der Waals surface area contributed by atoms with Gasteiger partial charge in [-0.15, -0.1) is 0 Å². The van der Waals surface area contributed by atoms with E-state index >= 15 is 0 Å². The van der Waals surface area contributed by atoms with Crippen molar-refractivity contribution in [1.82, 2.24) is 4.98 Å². The van der Waals surface area contributed by atoms with E-state index in [-0.39, 0.29) is 38.9 Å². The fraction of sp³-hybridized carbons (Fsp3) is 0.167. The molecule has 0 aliphatic rings. The molecule has 4 rings (SSSR count). The van der Waals surface area contributed by atoms with Gasteiger partial charge >= 0.3 is 12.1 Å². The number of carboxylic acids is 1. The molecule has 12 heteroatoms. The summed E-state index contributed by atoms with van der Waals surface area (Å²) in [7, 11) is 0. The monoisotopic (exact) mass is 618 g/mol. The second-order valence-electron chi connectivity index (χ2n) is 9.37. The summed E-state index contributed by atoms with van der Waals surface area (Å²) in [6, 6.07) is 15.7. The van der Waals surface area contributed by atoms with Gasteiger partial charge in [0.25, 0.3) is 0 Å². The molecule has 2 atom stereocenters. The average Bonchev–Trinajstić information content (AvgIpc) is 2.93. The van der Waals surface area contributed by atoms with Crippen LogP contribution in [-0.4, -0.2) is 27.3 Å². The molecule has 2 N–H and O–H groups in total. The van der Waals surface area contributed by atoms with E-state index < -0.39 is 45.6 Å². The molecule has 0 saturated heterocycles. The van der Waals surface area contributed by atoms with Crippen molar-refractivity contribution in [2.75, 3.05) is 0 Å². The van der Waals surface area contributed by atoms with E-state index in [0.717, 1.165) is 25.3 Å². The molecule has 216 valence electrons. The number of aryl methyl sites for hydroxylation is 1. The Balaban J connectivity index is 1.79. The number of nitriles is 1. The maximum absolute atomic E-state index is 14.7. The quantitative estimate of drug-likeness (QED) is 0.201. The first-order valence-electron chi connectivity index (χ1n) is 12.1. The van der Waals surface area contributed by atoms with Crippen LogP contribution in [0.3, 0.4) is 0 Å². The fourth-order valence-corrected chi connectivity index (χ4v) is 5.20. The Morgan fingerprint density at radius 1 is 1.10 bits per heavy atom. The van der Waals surface area contributed by atoms with Crippen LogP contribution in [-0.2, 0) is 5.60 Å². The highest BCUT2D eigenvalue weighted by atomic mass is 35.5. The van der Waals surface area contributed by atoms with Crippen molar-refractivity contribution >= 4 is 29.2 Å². The molecule has 0 aliphatic carbocycles. The second-order valence-corrected chi connectivity index (χ2v) is 10.2. The van der Waals surface area contributed by atoms with Gasteiger partial charge in [-0.3, -0.25) is 0 Å². The summed E-state index contributed by atoms with van der Waals surface area (Å²) < 4.78 is 63.8. The number of rotatable bonds is 7. The van der Waals surface area contributed by atoms with Gasteiger partial charge in [0.1, 0.15) is 33.9 Å². The van der Waals surface area contributed by atoms with Gasteiger partial charge in [0.15, 0.2) is 11.4 Å². The van der Waals surface area contributed by atoms with E-state index in [1.165, 1.54) is 25.1 Å². The third-order valence-corrected chi connectivity index (χ3v) is 7.50. The van der Waals surface area contributed by atoms with E-state index in [0.29, 0.717) is 5.56 Å². The smallest absolute Gasteiger partial charge is 0.422 e. The van der Waals surface area contributed by atoms with Gasteiger partial charge < -0.3 is 14.9 Å². The van der Waals surface area contributed by atoms with Crippen molar-refractivity contribution in [3.63, 3.8) is 0 Å². The molecule has 3 aromatic carbocycles. The number of hydrogen-bond donors (Lipinski definition) is 2. The normalized spacial score (nSPS) is 13.6. The van der Waals surface area contributed by atoms with Crippen LogP contribution < -0.4 is 4.74 Å². The number of pyridine rings is 1. The van der Waals surface area contributed by atoms with Crippen LogP contribution in [0.2, 0.25) is 10.0 Å². The Labute approximate surface area is 247 Å². The van der Waals surface area contributed by atoms with E-state index in [4.69, 9.17) is 33.2 Å². The third-order valence-electron chi connectivity index (χ3n) is 6.81. The lowest BCUT2D eigenvalue weighted by atomic mass is 9.78. The number of benzene rings is 3. The summed E-state index contributed by atoms with van der Waals surface area (Å²) >= 11 is 12.7. The highest BCUT2D eigenvalue weighted by Crippen LogP contribution is 2.50. The zero-order valence-electron chi connectivity index (χ0n) is 21.8. The molecular weight excluding hydrogens is 599 g/mol. The van der Waals surface area contributed by atoms with Crippen molar-refractivity contribution in [3.05, 3.63) is 111 Å². The first-order valence-corrected chi connectivity index (χ1v) is 12.9. The molecule has 0 saturated carbocycles. The van der Waals surface area contributed by atoms with Gasteiger partial charge in [-0.25, -0.2) is 14.2 Å². The molecule has 0 bridgehead atoms. The predicted molar refractivity (Wildman–Crippen MR) is 147 cm³/mol. The molecule has 4 aromatic rings. The second kappa shape index (κ2) is 11.6. The van der Waals surface area contributed by atoms with Gasteiger partial charge in [-0.1, -0.05) is 66.5 Å². The summed E-state index contributed by atoms with van der Waals surface area (Å²) in [6.07, 6.45) is -4.38. The first-order chi connectivity index (χ1) is 19.7. The van der Waals surface area contributed by atoms with Crippen LogP contribution in [0.4, 0.5) is 17.6 Å². The highest BCUT2D eigenvalue weighted by molar-refractivity contribution is 6.35. The number of nitrogens with zero attached hydrogens (tertiary/aromatic N) is 2. The third kappa shape index (κ3) is 5.51. The largest absolute Gasteiger partial charge is 0.478 e. The molecule has 1 heterocycles. The summed E-state index contributed by atoms with van der Waals surface area (Å²) in [4.78, 5) is 15.4. The maximum atomic E-state index is 14.7. The first kappa shape index (κ1) is 30.8. The van der Waals surface area contributed by atoms with Crippen LogP contribution >= 0.6 is 23.2 Å². The number of carbonyl (C=O) groups is 1. The number of aliphatic hydroxyl groups is 1. The number of halogens is 6. The van der Waals surface area contributed by atoms with Crippen molar-refractivity contribution in [3.8, 4) is 28.7 Å². The zero-order valence-corrected chi connectivity index (χ0v) is 23.3. The molecule has 2 unspecified atom stereocenters. The van der Waals surface area contributed by atoms with Crippen molar-refractivity contribution in [2.45, 2.75) is 31.5 Å². The summed E-state index contributed by atoms with van der Waals surface area (Å²) in [5, 5.41) is 28.9. The molecule has 1 aromatic heterocycles. The van der Waals surface area contributed by atoms with E-state index in [2.05, 4.69) is 4.98 Å². The molecule has 0 fully saturated rings. The number of aromatic carboxylic acids is 1. The van der Waals surface area contributed by atoms with E-state index in [1.54, 1.807) is 36.4 Å². The number of hydrogen-bond acceptors (Lipinski definition) is 5. The van der Waals surface area contributed by atoms with Crippen molar-refractivity contribution in [1.29, 1.82) is 5.26 Å². The molecular formula is C30H20Cl2F4N2O4. The molecule has 0 aliphatic heterocycles. The van der Waals surface area contributed by atoms with Crippen LogP contribution in [0.15, 0.2) is 66.9 Å². The van der Waals surface area contributed by atoms with Gasteiger partial charge in [-0.05, 0) is 47.9 Å². The zero-order chi connectivity index (χ0) is 31.0. The predicted octanol–water partition coefficient (Wildman–Crippen LogP) is 8.42. The van der Waals surface area contributed by atoms with Gasteiger partial charge in [-0.2, -0.15) is 18.4 Å². The highest BCUT2D eigenvalue weighted by Gasteiger charge is 2.59. The Morgan fingerprint density at radius 3 is 2.31 bits per heavy atom. The molecule has 42 heavy (non-hydrogen) atoms. The lowest BCUT2D eigenvalue weighted by Crippen LogP contribution is -2.46. The van der Waals surface area contributed by atoms with E-state index in [1.807, 2.05) is 0 Å². The Bertz CT molecular complexity index is 1730. The number of carboxylic acid groups (broad SMARTS) is 1. The van der Waals surface area contributed by atoms with Crippen LogP contribution in [0.25, 0.3) is 11.1 Å². The van der Waals surface area contributed by atoms with Crippen LogP contribution in [0.5, 0.6) is 11.5 Å². The van der Waals surface area contributed by atoms with Gasteiger partial charge in [0.2, 0.25) is 0 Å². The standard InChI is InChI=1S/C30H20Cl2F4N2O4/c1-15-10-18(14-38-24(15)13-37)29(41,30(34,35)36)16(2)20-9-8-19(11-22(20)31)42-27-21(17-6-4-3-5-7-17)12-23(33)25(26(27)32)28(39)40/h3-12,14,16,41H,1-2H3,(H,39,40). The fourth-order valence-electron chi connectivity index (χ4n) is 4.55. The minimum absolute atomic E-state index is 0.0515. The lowest BCUT2D eigenvalue weighted by Gasteiger charge is -2.37. The molecule has 0 radical (unpaired) electrons. The Morgan fingerprint density at radius 2 is 1.76 bits per heavy atom. The van der Waals surface area contributed by atoms with Gasteiger partial charge in [0, 0.05) is 28.3 Å². The molecule has 6 nitrogen and oxygen atoms in total. The molecule has 0 spiro atoms. The topological polar surface area (TPSA) is 103 Å². The Hall–Kier alpha value is -4.17.